The van der Waals surface area contributed by atoms with Gasteiger partial charge in [-0.3, -0.25) is 14.6 Å². The molecule has 0 saturated heterocycles. The molecule has 1 unspecified atom stereocenters. The van der Waals surface area contributed by atoms with Crippen LogP contribution in [0.2, 0.25) is 0 Å². The molecule has 134 valence electrons. The Balaban J connectivity index is 1.75. The van der Waals surface area contributed by atoms with Gasteiger partial charge in [-0.05, 0) is 36.2 Å². The molecule has 6 nitrogen and oxygen atoms in total. The van der Waals surface area contributed by atoms with Gasteiger partial charge >= 0.3 is 0 Å². The Kier molecular flexibility index (Phi) is 5.02. The number of nitrogens with zero attached hydrogens (tertiary/aromatic N) is 2. The number of Topliss-reactive ketones (excluding diaryl/α,β-unsaturated/α-hetero) is 1. The molecule has 0 aliphatic carbocycles. The number of ketones is 1. The van der Waals surface area contributed by atoms with E-state index in [1.807, 2.05) is 6.07 Å². The van der Waals surface area contributed by atoms with Gasteiger partial charge in [-0.1, -0.05) is 18.2 Å². The largest absolute Gasteiger partial charge is 0.509 e. The molecule has 1 aromatic carbocycles. The number of aliphatic hydroxyl groups is 1. The third-order valence-corrected chi connectivity index (χ3v) is 4.47. The van der Waals surface area contributed by atoms with E-state index in [4.69, 9.17) is 4.74 Å². The molecular formula is C20H20N2O4. The van der Waals surface area contributed by atoms with Crippen molar-refractivity contribution >= 4 is 11.7 Å². The number of rotatable bonds is 6. The molecule has 26 heavy (non-hydrogen) atoms. The smallest absolute Gasteiger partial charge is 0.261 e. The highest BCUT2D eigenvalue weighted by molar-refractivity contribution is 6.21. The predicted octanol–water partition coefficient (Wildman–Crippen LogP) is 2.44. The Morgan fingerprint density at radius 2 is 1.96 bits per heavy atom. The summed E-state index contributed by atoms with van der Waals surface area (Å²) in [5.41, 5.74) is 1.46. The number of carbonyl (C=O) groups is 2. The summed E-state index contributed by atoms with van der Waals surface area (Å²) in [7, 11) is 1.57. The summed E-state index contributed by atoms with van der Waals surface area (Å²) in [5, 5.41) is 10.4. The molecule has 1 aliphatic rings. The van der Waals surface area contributed by atoms with Crippen LogP contribution in [0.25, 0.3) is 0 Å². The van der Waals surface area contributed by atoms with Crippen molar-refractivity contribution in [1.82, 2.24) is 9.88 Å². The van der Waals surface area contributed by atoms with Crippen molar-refractivity contribution < 1.29 is 19.4 Å². The fourth-order valence-corrected chi connectivity index (χ4v) is 2.96. The topological polar surface area (TPSA) is 79.7 Å². The van der Waals surface area contributed by atoms with Gasteiger partial charge in [0.1, 0.15) is 17.1 Å². The van der Waals surface area contributed by atoms with Crippen LogP contribution >= 0.6 is 0 Å². The molecular weight excluding hydrogens is 332 g/mol. The van der Waals surface area contributed by atoms with Crippen molar-refractivity contribution in [1.29, 1.82) is 0 Å². The first-order valence-corrected chi connectivity index (χ1v) is 8.30. The molecule has 6 heteroatoms. The normalized spacial score (nSPS) is 16.9. The zero-order valence-corrected chi connectivity index (χ0v) is 14.7. The highest BCUT2D eigenvalue weighted by Gasteiger charge is 2.39. The molecule has 2 aromatic rings. The van der Waals surface area contributed by atoms with E-state index in [1.165, 1.54) is 4.90 Å². The Hall–Kier alpha value is -3.15. The van der Waals surface area contributed by atoms with E-state index >= 15 is 0 Å². The number of amides is 1. The minimum absolute atomic E-state index is 0.0442. The maximum absolute atomic E-state index is 12.7. The lowest BCUT2D eigenvalue weighted by molar-refractivity contribution is -0.129. The monoisotopic (exact) mass is 352 g/mol. The van der Waals surface area contributed by atoms with Crippen molar-refractivity contribution in [3.63, 3.8) is 0 Å². The molecule has 1 aromatic heterocycles. The van der Waals surface area contributed by atoms with Gasteiger partial charge in [-0.15, -0.1) is 0 Å². The van der Waals surface area contributed by atoms with Crippen LogP contribution in [0.15, 0.2) is 60.1 Å². The van der Waals surface area contributed by atoms with Crippen molar-refractivity contribution in [3.05, 3.63) is 71.3 Å². The molecule has 0 bridgehead atoms. The van der Waals surface area contributed by atoms with Crippen molar-refractivity contribution in [2.45, 2.75) is 25.9 Å². The molecule has 1 N–H and O–H groups in total. The molecule has 3 rings (SSSR count). The lowest BCUT2D eigenvalue weighted by atomic mass is 10.0. The predicted molar refractivity (Wildman–Crippen MR) is 95.6 cm³/mol. The Labute approximate surface area is 151 Å². The van der Waals surface area contributed by atoms with E-state index in [1.54, 1.807) is 56.8 Å². The minimum Gasteiger partial charge on any atom is -0.509 e. The van der Waals surface area contributed by atoms with Crippen LogP contribution in [-0.2, 0) is 22.6 Å². The quantitative estimate of drug-likeness (QED) is 0.808. The van der Waals surface area contributed by atoms with Crippen LogP contribution in [0.1, 0.15) is 18.1 Å². The van der Waals surface area contributed by atoms with E-state index in [2.05, 4.69) is 4.98 Å². The number of aliphatic hydroxyl groups excluding tert-OH is 1. The zero-order chi connectivity index (χ0) is 18.7. The number of methoxy groups -OCH3 is 1. The van der Waals surface area contributed by atoms with E-state index < -0.39 is 17.7 Å². The summed E-state index contributed by atoms with van der Waals surface area (Å²) in [5.74, 6) is -0.315. The van der Waals surface area contributed by atoms with Gasteiger partial charge in [0.05, 0.1) is 13.2 Å². The number of aromatic nitrogens is 1. The second-order valence-electron chi connectivity index (χ2n) is 6.18. The average molecular weight is 352 g/mol. The van der Waals surface area contributed by atoms with Crippen LogP contribution in [-0.4, -0.2) is 39.8 Å². The molecule has 0 saturated carbocycles. The molecule has 0 radical (unpaired) electrons. The van der Waals surface area contributed by atoms with E-state index in [0.717, 1.165) is 11.1 Å². The van der Waals surface area contributed by atoms with Crippen LogP contribution in [0.5, 0.6) is 5.75 Å². The maximum atomic E-state index is 12.7. The second-order valence-corrected chi connectivity index (χ2v) is 6.18. The SMILES string of the molecule is COc1ccc(CC(=O)C2=C(O)C(C)N(Cc3cccnc3)C2=O)cc1. The first-order valence-electron chi connectivity index (χ1n) is 8.30. The Morgan fingerprint density at radius 3 is 2.58 bits per heavy atom. The summed E-state index contributed by atoms with van der Waals surface area (Å²) < 4.78 is 5.09. The third-order valence-electron chi connectivity index (χ3n) is 4.47. The summed E-state index contributed by atoms with van der Waals surface area (Å²) in [6, 6.07) is 10.1. The van der Waals surface area contributed by atoms with Crippen LogP contribution < -0.4 is 4.74 Å². The number of ether oxygens (including phenoxy) is 1. The van der Waals surface area contributed by atoms with E-state index in [9.17, 15) is 14.7 Å². The van der Waals surface area contributed by atoms with Gasteiger partial charge in [-0.25, -0.2) is 0 Å². The first-order chi connectivity index (χ1) is 12.5. The fourth-order valence-electron chi connectivity index (χ4n) is 2.96. The van der Waals surface area contributed by atoms with Crippen LogP contribution in [0.3, 0.4) is 0 Å². The number of pyridine rings is 1. The van der Waals surface area contributed by atoms with Crippen LogP contribution in [0.4, 0.5) is 0 Å². The van der Waals surface area contributed by atoms with Gasteiger partial charge in [0, 0.05) is 25.4 Å². The number of carbonyl (C=O) groups excluding carboxylic acids is 2. The second kappa shape index (κ2) is 7.39. The number of benzene rings is 1. The molecule has 2 heterocycles. The minimum atomic E-state index is -0.544. The van der Waals surface area contributed by atoms with Crippen molar-refractivity contribution in [2.75, 3.05) is 7.11 Å². The average Bonchev–Trinajstić information content (AvgIpc) is 2.86. The van der Waals surface area contributed by atoms with Gasteiger partial charge in [0.2, 0.25) is 0 Å². The molecule has 0 fully saturated rings. The number of hydrogen-bond donors (Lipinski definition) is 1. The summed E-state index contributed by atoms with van der Waals surface area (Å²) in [4.78, 5) is 30.8. The Morgan fingerprint density at radius 1 is 1.23 bits per heavy atom. The highest BCUT2D eigenvalue weighted by atomic mass is 16.5. The molecule has 1 aliphatic heterocycles. The summed E-state index contributed by atoms with van der Waals surface area (Å²) in [6.07, 6.45) is 3.36. The first kappa shape index (κ1) is 17.7. The standard InChI is InChI=1S/C20H20N2O4/c1-13-19(24)18(17(23)10-14-5-7-16(26-2)8-6-14)20(25)22(13)12-15-4-3-9-21-11-15/h3-9,11,13,24H,10,12H2,1-2H3. The highest BCUT2D eigenvalue weighted by Crippen LogP contribution is 2.27. The fraction of sp³-hybridized carbons (Fsp3) is 0.250. The lowest BCUT2D eigenvalue weighted by Crippen LogP contribution is -2.34. The number of hydrogen-bond acceptors (Lipinski definition) is 5. The maximum Gasteiger partial charge on any atom is 0.261 e. The van der Waals surface area contributed by atoms with Gasteiger partial charge in [0.15, 0.2) is 5.78 Å². The van der Waals surface area contributed by atoms with Gasteiger partial charge in [0.25, 0.3) is 5.91 Å². The summed E-state index contributed by atoms with van der Waals surface area (Å²) in [6.45, 7) is 1.99. The third kappa shape index (κ3) is 3.44. The van der Waals surface area contributed by atoms with E-state index in [0.29, 0.717) is 5.75 Å². The van der Waals surface area contributed by atoms with Gasteiger partial charge in [-0.2, -0.15) is 0 Å². The van der Waals surface area contributed by atoms with Crippen LogP contribution in [0, 0.1) is 0 Å². The van der Waals surface area contributed by atoms with Crippen molar-refractivity contribution in [2.24, 2.45) is 0 Å². The van der Waals surface area contributed by atoms with Crippen molar-refractivity contribution in [3.8, 4) is 5.75 Å². The zero-order valence-electron chi connectivity index (χ0n) is 14.7. The summed E-state index contributed by atoms with van der Waals surface area (Å²) >= 11 is 0. The molecule has 0 spiro atoms. The lowest BCUT2D eigenvalue weighted by Gasteiger charge is -2.22. The molecule has 1 amide bonds. The van der Waals surface area contributed by atoms with E-state index in [-0.39, 0.29) is 24.3 Å². The Bertz CT molecular complexity index is 844. The van der Waals surface area contributed by atoms with Gasteiger partial charge < -0.3 is 14.7 Å². The molecule has 1 atom stereocenters.